The number of hydrogen-bond acceptors (Lipinski definition) is 4. The number of primary amides is 1. The average Bonchev–Trinajstić information content (AvgIpc) is 2.75. The van der Waals surface area contributed by atoms with Gasteiger partial charge in [-0.2, -0.15) is 0 Å². The number of fused-ring (bicyclic) bond motifs is 1. The maximum atomic E-state index is 11.1. The molecule has 144 valence electrons. The molecule has 0 aliphatic carbocycles. The Morgan fingerprint density at radius 3 is 2.31 bits per heavy atom. The van der Waals surface area contributed by atoms with Crippen LogP contribution >= 0.6 is 0 Å². The molecular formula is C24H22N4O. The number of aromatic nitrogens is 2. The molecule has 0 bridgehead atoms. The van der Waals surface area contributed by atoms with Gasteiger partial charge in [0.25, 0.3) is 0 Å². The zero-order valence-corrected chi connectivity index (χ0v) is 16.2. The van der Waals surface area contributed by atoms with E-state index in [1.165, 1.54) is 5.56 Å². The van der Waals surface area contributed by atoms with E-state index in [1.54, 1.807) is 0 Å². The molecule has 0 saturated heterocycles. The molecule has 0 fully saturated rings. The van der Waals surface area contributed by atoms with Crippen molar-refractivity contribution < 1.29 is 4.79 Å². The van der Waals surface area contributed by atoms with E-state index in [9.17, 15) is 4.79 Å². The second kappa shape index (κ2) is 8.10. The summed E-state index contributed by atoms with van der Waals surface area (Å²) in [6.45, 7) is 2.15. The molecule has 1 aromatic heterocycles. The van der Waals surface area contributed by atoms with Crippen LogP contribution in [0.25, 0.3) is 22.0 Å². The number of nitrogens with two attached hydrogens (primary N) is 1. The summed E-state index contributed by atoms with van der Waals surface area (Å²) in [5.41, 5.74) is 10.3. The van der Waals surface area contributed by atoms with Crippen molar-refractivity contribution in [1.29, 1.82) is 0 Å². The molecule has 3 aromatic carbocycles. The lowest BCUT2D eigenvalue weighted by molar-refractivity contribution is -0.117. The minimum Gasteiger partial charge on any atom is -0.369 e. The number of hydrogen-bond donors (Lipinski definition) is 2. The first-order valence-corrected chi connectivity index (χ1v) is 9.63. The van der Waals surface area contributed by atoms with Crippen LogP contribution in [0.5, 0.6) is 0 Å². The Morgan fingerprint density at radius 2 is 1.59 bits per heavy atom. The first-order chi connectivity index (χ1) is 14.2. The van der Waals surface area contributed by atoms with E-state index in [4.69, 9.17) is 5.73 Å². The smallest absolute Gasteiger partial charge is 0.221 e. The van der Waals surface area contributed by atoms with E-state index in [0.29, 0.717) is 5.82 Å². The van der Waals surface area contributed by atoms with Gasteiger partial charge in [0.2, 0.25) is 5.91 Å². The van der Waals surface area contributed by atoms with E-state index >= 15 is 0 Å². The van der Waals surface area contributed by atoms with Crippen molar-refractivity contribution in [3.63, 3.8) is 0 Å². The van der Waals surface area contributed by atoms with E-state index in [2.05, 4.69) is 46.7 Å². The van der Waals surface area contributed by atoms with Crippen molar-refractivity contribution in [2.45, 2.75) is 19.8 Å². The molecule has 4 aromatic rings. The standard InChI is InChI=1S/C24H22N4O/c1-2-17-7-3-4-8-19(17)23-20-9-5-6-10-21(20)24(28-27-23)26-18-13-11-16(12-14-18)15-22(25)29/h3-14H,2,15H2,1H3,(H2,25,29)(H,26,28). The number of aryl methyl sites for hydroxylation is 1. The Kier molecular flexibility index (Phi) is 5.20. The minimum absolute atomic E-state index is 0.231. The maximum absolute atomic E-state index is 11.1. The van der Waals surface area contributed by atoms with Crippen LogP contribution in [-0.2, 0) is 17.6 Å². The molecular weight excluding hydrogens is 360 g/mol. The zero-order chi connectivity index (χ0) is 20.2. The largest absolute Gasteiger partial charge is 0.369 e. The SMILES string of the molecule is CCc1ccccc1-c1nnc(Nc2ccc(CC(N)=O)cc2)c2ccccc12. The monoisotopic (exact) mass is 382 g/mol. The normalized spacial score (nSPS) is 10.8. The lowest BCUT2D eigenvalue weighted by Crippen LogP contribution is -2.13. The predicted octanol–water partition coefficient (Wildman–Crippen LogP) is 4.63. The van der Waals surface area contributed by atoms with Crippen LogP contribution < -0.4 is 11.1 Å². The summed E-state index contributed by atoms with van der Waals surface area (Å²) in [5.74, 6) is 0.353. The Hall–Kier alpha value is -3.73. The van der Waals surface area contributed by atoms with Gasteiger partial charge >= 0.3 is 0 Å². The van der Waals surface area contributed by atoms with Gasteiger partial charge in [-0.05, 0) is 29.7 Å². The van der Waals surface area contributed by atoms with Crippen LogP contribution in [0.15, 0.2) is 72.8 Å². The van der Waals surface area contributed by atoms with Gasteiger partial charge in [-0.15, -0.1) is 10.2 Å². The lowest BCUT2D eigenvalue weighted by Gasteiger charge is -2.13. The summed E-state index contributed by atoms with van der Waals surface area (Å²) in [6.07, 6.45) is 1.17. The molecule has 29 heavy (non-hydrogen) atoms. The molecule has 5 nitrogen and oxygen atoms in total. The van der Waals surface area contributed by atoms with Crippen molar-refractivity contribution in [2.24, 2.45) is 5.73 Å². The summed E-state index contributed by atoms with van der Waals surface area (Å²) in [7, 11) is 0. The van der Waals surface area contributed by atoms with Crippen LogP contribution in [0.2, 0.25) is 0 Å². The van der Waals surface area contributed by atoms with Gasteiger partial charge in [-0.1, -0.05) is 67.6 Å². The molecule has 1 heterocycles. The number of anilines is 2. The molecule has 3 N–H and O–H groups in total. The zero-order valence-electron chi connectivity index (χ0n) is 16.2. The van der Waals surface area contributed by atoms with Crippen LogP contribution in [0.4, 0.5) is 11.5 Å². The Labute approximate surface area is 169 Å². The fourth-order valence-corrected chi connectivity index (χ4v) is 3.50. The van der Waals surface area contributed by atoms with Crippen LogP contribution in [0.3, 0.4) is 0 Å². The molecule has 0 saturated carbocycles. The molecule has 0 radical (unpaired) electrons. The molecule has 0 aliphatic rings. The third kappa shape index (κ3) is 3.94. The Morgan fingerprint density at radius 1 is 0.897 bits per heavy atom. The molecule has 5 heteroatoms. The summed E-state index contributed by atoms with van der Waals surface area (Å²) < 4.78 is 0. The van der Waals surface area contributed by atoms with Gasteiger partial charge in [0.15, 0.2) is 5.82 Å². The number of benzene rings is 3. The Balaban J connectivity index is 1.73. The average molecular weight is 382 g/mol. The summed E-state index contributed by atoms with van der Waals surface area (Å²) >= 11 is 0. The summed E-state index contributed by atoms with van der Waals surface area (Å²) in [5, 5.41) is 14.5. The van der Waals surface area contributed by atoms with Gasteiger partial charge in [0.05, 0.1) is 6.42 Å². The lowest BCUT2D eigenvalue weighted by atomic mass is 9.98. The second-order valence-corrected chi connectivity index (χ2v) is 6.92. The predicted molar refractivity (Wildman–Crippen MR) is 117 cm³/mol. The van der Waals surface area contributed by atoms with Crippen LogP contribution in [-0.4, -0.2) is 16.1 Å². The van der Waals surface area contributed by atoms with E-state index in [-0.39, 0.29) is 12.3 Å². The minimum atomic E-state index is -0.342. The maximum Gasteiger partial charge on any atom is 0.221 e. The topological polar surface area (TPSA) is 80.9 Å². The van der Waals surface area contributed by atoms with E-state index in [1.807, 2.05) is 48.5 Å². The quantitative estimate of drug-likeness (QED) is 0.509. The fraction of sp³-hybridized carbons (Fsp3) is 0.125. The van der Waals surface area contributed by atoms with Gasteiger partial charge in [-0.3, -0.25) is 4.79 Å². The van der Waals surface area contributed by atoms with Crippen molar-refractivity contribution in [2.75, 3.05) is 5.32 Å². The van der Waals surface area contributed by atoms with Gasteiger partial charge in [0, 0.05) is 22.0 Å². The first-order valence-electron chi connectivity index (χ1n) is 9.63. The van der Waals surface area contributed by atoms with E-state index in [0.717, 1.165) is 39.7 Å². The highest BCUT2D eigenvalue weighted by molar-refractivity contribution is 6.01. The highest BCUT2D eigenvalue weighted by atomic mass is 16.1. The van der Waals surface area contributed by atoms with Crippen molar-refractivity contribution in [3.05, 3.63) is 83.9 Å². The highest BCUT2D eigenvalue weighted by Gasteiger charge is 2.13. The van der Waals surface area contributed by atoms with Crippen molar-refractivity contribution >= 4 is 28.2 Å². The second-order valence-electron chi connectivity index (χ2n) is 6.92. The number of carbonyl (C=O) groups excluding carboxylic acids is 1. The Bertz CT molecular complexity index is 1170. The first kappa shape index (κ1) is 18.6. The molecule has 0 atom stereocenters. The molecule has 1 amide bonds. The number of nitrogens with zero attached hydrogens (tertiary/aromatic N) is 2. The third-order valence-electron chi connectivity index (χ3n) is 4.94. The molecule has 0 unspecified atom stereocenters. The van der Waals surface area contributed by atoms with E-state index < -0.39 is 0 Å². The number of carbonyl (C=O) groups is 1. The molecule has 0 spiro atoms. The number of nitrogens with one attached hydrogen (secondary N) is 1. The van der Waals surface area contributed by atoms with Gasteiger partial charge < -0.3 is 11.1 Å². The van der Waals surface area contributed by atoms with Crippen LogP contribution in [0.1, 0.15) is 18.1 Å². The highest BCUT2D eigenvalue weighted by Crippen LogP contribution is 2.32. The van der Waals surface area contributed by atoms with Gasteiger partial charge in [-0.25, -0.2) is 0 Å². The molecule has 4 rings (SSSR count). The van der Waals surface area contributed by atoms with Gasteiger partial charge in [0.1, 0.15) is 5.69 Å². The molecule has 0 aliphatic heterocycles. The number of rotatable bonds is 6. The third-order valence-corrected chi connectivity index (χ3v) is 4.94. The van der Waals surface area contributed by atoms with Crippen LogP contribution in [0, 0.1) is 0 Å². The summed E-state index contributed by atoms with van der Waals surface area (Å²) in [6, 6.07) is 24.0. The number of amides is 1. The van der Waals surface area contributed by atoms with Crippen molar-refractivity contribution in [3.8, 4) is 11.3 Å². The van der Waals surface area contributed by atoms with Crippen molar-refractivity contribution in [1.82, 2.24) is 10.2 Å². The summed E-state index contributed by atoms with van der Waals surface area (Å²) in [4.78, 5) is 11.1. The fourth-order valence-electron chi connectivity index (χ4n) is 3.50.